The van der Waals surface area contributed by atoms with E-state index < -0.39 is 0 Å². The Kier molecular flexibility index (Phi) is 7.27. The first kappa shape index (κ1) is 19.6. The van der Waals surface area contributed by atoms with Gasteiger partial charge in [0.05, 0.1) is 5.02 Å². The lowest BCUT2D eigenvalue weighted by molar-refractivity contribution is 0.558. The summed E-state index contributed by atoms with van der Waals surface area (Å²) in [6.07, 6.45) is 2.28. The monoisotopic (exact) mass is 403 g/mol. The first-order chi connectivity index (χ1) is 12.6. The molecule has 0 aliphatic heterocycles. The lowest BCUT2D eigenvalue weighted by atomic mass is 9.99. The van der Waals surface area contributed by atoms with Crippen LogP contribution in [0.15, 0.2) is 65.6 Å². The average Bonchev–Trinajstić information content (AvgIpc) is 2.66. The summed E-state index contributed by atoms with van der Waals surface area (Å²) in [6.45, 7) is 3.25. The molecule has 0 aromatic heterocycles. The van der Waals surface area contributed by atoms with Gasteiger partial charge in [0.15, 0.2) is 0 Å². The summed E-state index contributed by atoms with van der Waals surface area (Å²) in [6, 6.07) is 21.1. The summed E-state index contributed by atoms with van der Waals surface area (Å²) in [4.78, 5) is 1.07. The zero-order valence-electron chi connectivity index (χ0n) is 14.8. The van der Waals surface area contributed by atoms with E-state index >= 15 is 0 Å². The van der Waals surface area contributed by atoms with Crippen LogP contribution in [0.5, 0.6) is 0 Å². The fourth-order valence-corrected chi connectivity index (χ4v) is 4.56. The van der Waals surface area contributed by atoms with Crippen molar-refractivity contribution in [1.82, 2.24) is 5.32 Å². The Morgan fingerprint density at radius 2 is 1.77 bits per heavy atom. The Morgan fingerprint density at radius 3 is 2.65 bits per heavy atom. The average molecular weight is 404 g/mol. The molecule has 0 heterocycles. The van der Waals surface area contributed by atoms with E-state index in [0.29, 0.717) is 6.04 Å². The zero-order valence-corrected chi connectivity index (χ0v) is 17.2. The van der Waals surface area contributed by atoms with Gasteiger partial charge in [-0.1, -0.05) is 65.7 Å². The van der Waals surface area contributed by atoms with Crippen LogP contribution < -0.4 is 5.32 Å². The lowest BCUT2D eigenvalue weighted by Crippen LogP contribution is -2.20. The Morgan fingerprint density at radius 1 is 0.962 bits per heavy atom. The van der Waals surface area contributed by atoms with Crippen LogP contribution in [0.3, 0.4) is 0 Å². The smallest absolute Gasteiger partial charge is 0.0542 e. The van der Waals surface area contributed by atoms with Crippen LogP contribution in [0.1, 0.15) is 31.4 Å². The maximum atomic E-state index is 6.20. The summed E-state index contributed by atoms with van der Waals surface area (Å²) in [5.41, 5.74) is 1.36. The number of hydrogen-bond acceptors (Lipinski definition) is 2. The largest absolute Gasteiger partial charge is 0.310 e. The summed E-state index contributed by atoms with van der Waals surface area (Å²) in [5, 5.41) is 7.81. The Hall–Kier alpha value is -1.19. The van der Waals surface area contributed by atoms with Crippen LogP contribution in [0, 0.1) is 0 Å². The summed E-state index contributed by atoms with van der Waals surface area (Å²) < 4.78 is 0. The van der Waals surface area contributed by atoms with Crippen LogP contribution in [0.4, 0.5) is 0 Å². The molecule has 0 aliphatic rings. The third kappa shape index (κ3) is 5.17. The van der Waals surface area contributed by atoms with Gasteiger partial charge in [-0.3, -0.25) is 0 Å². The van der Waals surface area contributed by atoms with Crippen molar-refractivity contribution in [3.05, 3.63) is 76.3 Å². The second-order valence-corrected chi connectivity index (χ2v) is 8.35. The molecule has 136 valence electrons. The minimum atomic E-state index is 0.344. The normalized spacial score (nSPS) is 12.4. The molecular formula is C22H23Cl2NS. The molecule has 0 radical (unpaired) electrons. The topological polar surface area (TPSA) is 12.0 Å². The van der Waals surface area contributed by atoms with Crippen molar-refractivity contribution in [2.75, 3.05) is 12.3 Å². The molecule has 0 aliphatic carbocycles. The van der Waals surface area contributed by atoms with Crippen molar-refractivity contribution in [2.45, 2.75) is 30.7 Å². The van der Waals surface area contributed by atoms with E-state index in [1.54, 1.807) is 11.8 Å². The van der Waals surface area contributed by atoms with Gasteiger partial charge in [-0.25, -0.2) is 0 Å². The van der Waals surface area contributed by atoms with Crippen LogP contribution in [0.25, 0.3) is 10.8 Å². The number of nitrogens with one attached hydrogen (secondary N) is 1. The molecule has 0 saturated carbocycles. The number of rotatable bonds is 8. The van der Waals surface area contributed by atoms with Crippen LogP contribution in [-0.2, 0) is 0 Å². The SMILES string of the molecule is C[C@@H](NCCCCSc1cc(Cl)ccc1Cl)c1cccc2ccccc12. The number of benzene rings is 3. The highest BCUT2D eigenvalue weighted by atomic mass is 35.5. The minimum Gasteiger partial charge on any atom is -0.310 e. The Balaban J connectivity index is 1.44. The van der Waals surface area contributed by atoms with Crippen molar-refractivity contribution in [1.29, 1.82) is 0 Å². The highest BCUT2D eigenvalue weighted by molar-refractivity contribution is 7.99. The van der Waals surface area contributed by atoms with E-state index in [2.05, 4.69) is 54.7 Å². The molecule has 1 atom stereocenters. The summed E-state index contributed by atoms with van der Waals surface area (Å²) in [5.74, 6) is 1.05. The van der Waals surface area contributed by atoms with E-state index in [-0.39, 0.29) is 0 Å². The van der Waals surface area contributed by atoms with Crippen molar-refractivity contribution in [3.8, 4) is 0 Å². The molecule has 4 heteroatoms. The highest BCUT2D eigenvalue weighted by Crippen LogP contribution is 2.30. The number of unbranched alkanes of at least 4 members (excludes halogenated alkanes) is 1. The maximum Gasteiger partial charge on any atom is 0.0542 e. The van der Waals surface area contributed by atoms with E-state index in [9.17, 15) is 0 Å². The molecule has 1 nitrogen and oxygen atoms in total. The fourth-order valence-electron chi connectivity index (χ4n) is 3.05. The van der Waals surface area contributed by atoms with E-state index in [0.717, 1.165) is 40.1 Å². The van der Waals surface area contributed by atoms with E-state index in [4.69, 9.17) is 23.2 Å². The number of halogens is 2. The molecule has 1 N–H and O–H groups in total. The molecule has 3 aromatic carbocycles. The predicted molar refractivity (Wildman–Crippen MR) is 117 cm³/mol. The Labute approximate surface area is 170 Å². The summed E-state index contributed by atoms with van der Waals surface area (Å²) in [7, 11) is 0. The molecule has 26 heavy (non-hydrogen) atoms. The first-order valence-corrected chi connectivity index (χ1v) is 10.7. The molecule has 0 amide bonds. The second kappa shape index (κ2) is 9.66. The highest BCUT2D eigenvalue weighted by Gasteiger charge is 2.08. The lowest BCUT2D eigenvalue weighted by Gasteiger charge is -2.16. The molecule has 0 spiro atoms. The van der Waals surface area contributed by atoms with Crippen molar-refractivity contribution in [2.24, 2.45) is 0 Å². The van der Waals surface area contributed by atoms with Gasteiger partial charge in [0.2, 0.25) is 0 Å². The standard InChI is InChI=1S/C22H23Cl2NS/c1-16(19-10-6-8-17-7-2-3-9-20(17)19)25-13-4-5-14-26-22-15-18(23)11-12-21(22)24/h2-3,6-12,15-16,25H,4-5,13-14H2,1H3/t16-/m1/s1. The molecule has 0 saturated heterocycles. The minimum absolute atomic E-state index is 0.344. The van der Waals surface area contributed by atoms with Gasteiger partial charge >= 0.3 is 0 Å². The molecule has 0 bridgehead atoms. The molecule has 0 fully saturated rings. The van der Waals surface area contributed by atoms with Gasteiger partial charge in [0.25, 0.3) is 0 Å². The van der Waals surface area contributed by atoms with Crippen molar-refractivity contribution < 1.29 is 0 Å². The molecule has 3 aromatic rings. The molecule has 3 rings (SSSR count). The van der Waals surface area contributed by atoms with Crippen LogP contribution in [-0.4, -0.2) is 12.3 Å². The van der Waals surface area contributed by atoms with Gasteiger partial charge in [-0.2, -0.15) is 0 Å². The Bertz CT molecular complexity index is 860. The van der Waals surface area contributed by atoms with Gasteiger partial charge in [-0.05, 0) is 66.6 Å². The van der Waals surface area contributed by atoms with Crippen LogP contribution >= 0.6 is 35.0 Å². The number of fused-ring (bicyclic) bond motifs is 1. The van der Waals surface area contributed by atoms with Crippen molar-refractivity contribution >= 4 is 45.7 Å². The second-order valence-electron chi connectivity index (χ2n) is 6.37. The maximum absolute atomic E-state index is 6.20. The number of hydrogen-bond donors (Lipinski definition) is 1. The van der Waals surface area contributed by atoms with Gasteiger partial charge < -0.3 is 5.32 Å². The van der Waals surface area contributed by atoms with Crippen molar-refractivity contribution in [3.63, 3.8) is 0 Å². The molecular weight excluding hydrogens is 381 g/mol. The predicted octanol–water partition coefficient (Wildman–Crippen LogP) is 7.37. The van der Waals surface area contributed by atoms with Gasteiger partial charge in [-0.15, -0.1) is 11.8 Å². The van der Waals surface area contributed by atoms with E-state index in [1.165, 1.54) is 16.3 Å². The third-order valence-electron chi connectivity index (χ3n) is 4.46. The van der Waals surface area contributed by atoms with Crippen LogP contribution in [0.2, 0.25) is 10.0 Å². The third-order valence-corrected chi connectivity index (χ3v) is 6.28. The molecule has 0 unspecified atom stereocenters. The van der Waals surface area contributed by atoms with Gasteiger partial charge in [0, 0.05) is 16.0 Å². The number of thioether (sulfide) groups is 1. The summed E-state index contributed by atoms with van der Waals surface area (Å²) >= 11 is 14.0. The zero-order chi connectivity index (χ0) is 18.4. The first-order valence-electron chi connectivity index (χ1n) is 8.94. The van der Waals surface area contributed by atoms with Gasteiger partial charge in [0.1, 0.15) is 0 Å². The quantitative estimate of drug-likeness (QED) is 0.311. The fraction of sp³-hybridized carbons (Fsp3) is 0.273. The van der Waals surface area contributed by atoms with E-state index in [1.807, 2.05) is 18.2 Å².